The number of anilines is 3. The molecule has 11 nitrogen and oxygen atoms in total. The first-order chi connectivity index (χ1) is 22.5. The van der Waals surface area contributed by atoms with Crippen molar-refractivity contribution in [1.82, 2.24) is 9.97 Å². The summed E-state index contributed by atoms with van der Waals surface area (Å²) >= 11 is 0. The van der Waals surface area contributed by atoms with Gasteiger partial charge in [-0.1, -0.05) is 61.9 Å². The van der Waals surface area contributed by atoms with Crippen LogP contribution in [0.15, 0.2) is 89.8 Å². The Bertz CT molecular complexity index is 1650. The first-order valence-corrected chi connectivity index (χ1v) is 17.0. The van der Waals surface area contributed by atoms with Crippen molar-refractivity contribution in [2.45, 2.75) is 31.1 Å². The molecule has 1 saturated heterocycles. The van der Waals surface area contributed by atoms with Gasteiger partial charge in [-0.2, -0.15) is 9.97 Å². The Kier molecular flexibility index (Phi) is 11.2. The molecule has 12 heteroatoms. The maximum Gasteiger partial charge on any atom is 0.265 e. The number of aliphatic hydroxyl groups excluding tert-OH is 1. The molecule has 0 saturated carbocycles. The molecule has 0 aliphatic carbocycles. The van der Waals surface area contributed by atoms with E-state index in [1.54, 1.807) is 48.5 Å². The van der Waals surface area contributed by atoms with Crippen LogP contribution in [-0.2, 0) is 10.0 Å². The summed E-state index contributed by atoms with van der Waals surface area (Å²) in [7, 11) is -2.55. The van der Waals surface area contributed by atoms with E-state index in [4.69, 9.17) is 24.2 Å². The van der Waals surface area contributed by atoms with E-state index < -0.39 is 10.0 Å². The molecule has 3 aromatic carbocycles. The lowest BCUT2D eigenvalue weighted by atomic mass is 10.2. The van der Waals surface area contributed by atoms with Crippen LogP contribution in [0.1, 0.15) is 26.2 Å². The molecule has 46 heavy (non-hydrogen) atoms. The van der Waals surface area contributed by atoms with Crippen LogP contribution in [0.25, 0.3) is 0 Å². The van der Waals surface area contributed by atoms with E-state index in [-0.39, 0.29) is 42.1 Å². The van der Waals surface area contributed by atoms with Gasteiger partial charge in [-0.25, -0.2) is 12.7 Å². The van der Waals surface area contributed by atoms with Crippen molar-refractivity contribution in [1.29, 1.82) is 0 Å². The van der Waals surface area contributed by atoms with E-state index in [0.29, 0.717) is 43.4 Å². The first-order valence-electron chi connectivity index (χ1n) is 15.6. The summed E-state index contributed by atoms with van der Waals surface area (Å²) in [5, 5.41) is 9.51. The van der Waals surface area contributed by atoms with E-state index in [0.717, 1.165) is 25.2 Å². The largest absolute Gasteiger partial charge is 0.493 e. The van der Waals surface area contributed by atoms with Crippen LogP contribution in [0.2, 0.25) is 0 Å². The third-order valence-electron chi connectivity index (χ3n) is 7.59. The lowest BCUT2D eigenvalue weighted by Gasteiger charge is -2.36. The van der Waals surface area contributed by atoms with Crippen LogP contribution in [0.4, 0.5) is 17.5 Å². The van der Waals surface area contributed by atoms with Gasteiger partial charge in [0.15, 0.2) is 17.3 Å². The predicted molar refractivity (Wildman–Crippen MR) is 179 cm³/mol. The third-order valence-corrected chi connectivity index (χ3v) is 9.40. The standard InChI is InChI=1S/C34H41N5O6S/c1-3-4-20-39(46(41,42)28-16-9-6-10-17-28)32-31(45-30-19-12-11-18-29(30)43-2)33(44-26-13-25-40)36-34(35-32)38-23-21-37(22-24-38)27-14-7-5-8-15-27/h5-12,14-19,40H,3-4,13,20-26H2,1-2H3. The number of nitrogens with zero attached hydrogens (tertiary/aromatic N) is 5. The number of unbranched alkanes of at least 4 members (excludes halogenated alkanes) is 1. The van der Waals surface area contributed by atoms with Gasteiger partial charge in [0, 0.05) is 51.4 Å². The van der Waals surface area contributed by atoms with Gasteiger partial charge in [0.1, 0.15) is 0 Å². The van der Waals surface area contributed by atoms with Crippen molar-refractivity contribution in [2.24, 2.45) is 0 Å². The molecule has 5 rings (SSSR count). The lowest BCUT2D eigenvalue weighted by Crippen LogP contribution is -2.47. The first kappa shape index (κ1) is 32.8. The second kappa shape index (κ2) is 15.6. The summed E-state index contributed by atoms with van der Waals surface area (Å²) in [5.41, 5.74) is 1.14. The maximum absolute atomic E-state index is 14.3. The summed E-state index contributed by atoms with van der Waals surface area (Å²) in [5.74, 6) is 1.32. The van der Waals surface area contributed by atoms with Gasteiger partial charge in [0.25, 0.3) is 15.9 Å². The van der Waals surface area contributed by atoms with Gasteiger partial charge in [-0.3, -0.25) is 0 Å². The van der Waals surface area contributed by atoms with Gasteiger partial charge in [0.2, 0.25) is 11.7 Å². The molecule has 0 bridgehead atoms. The smallest absolute Gasteiger partial charge is 0.265 e. The SMILES string of the molecule is CCCCN(c1nc(N2CCN(c3ccccc3)CC2)nc(OCCCO)c1Oc1ccccc1OC)S(=O)(=O)c1ccccc1. The minimum atomic E-state index is -4.08. The number of aliphatic hydroxyl groups is 1. The van der Waals surface area contributed by atoms with Gasteiger partial charge in [-0.05, 0) is 42.8 Å². The molecule has 2 heterocycles. The van der Waals surface area contributed by atoms with Crippen molar-refractivity contribution in [3.8, 4) is 23.1 Å². The number of para-hydroxylation sites is 3. The molecule has 0 unspecified atom stereocenters. The molecule has 244 valence electrons. The lowest BCUT2D eigenvalue weighted by molar-refractivity contribution is 0.224. The quantitative estimate of drug-likeness (QED) is 0.169. The van der Waals surface area contributed by atoms with Gasteiger partial charge < -0.3 is 29.1 Å². The highest BCUT2D eigenvalue weighted by Gasteiger charge is 2.33. The molecule has 1 N–H and O–H groups in total. The summed E-state index contributed by atoms with van der Waals surface area (Å²) < 4.78 is 48.0. The monoisotopic (exact) mass is 647 g/mol. The molecule has 0 spiro atoms. The highest BCUT2D eigenvalue weighted by Crippen LogP contribution is 2.44. The molecule has 0 radical (unpaired) electrons. The molecular formula is C34H41N5O6S. The van der Waals surface area contributed by atoms with E-state index in [1.807, 2.05) is 36.1 Å². The highest BCUT2D eigenvalue weighted by molar-refractivity contribution is 7.92. The number of piperazine rings is 1. The van der Waals surface area contributed by atoms with Crippen LogP contribution in [0.5, 0.6) is 23.1 Å². The van der Waals surface area contributed by atoms with Crippen LogP contribution < -0.4 is 28.3 Å². The van der Waals surface area contributed by atoms with Crippen molar-refractivity contribution < 1.29 is 27.7 Å². The second-order valence-electron chi connectivity index (χ2n) is 10.7. The Morgan fingerprint density at radius 3 is 2.11 bits per heavy atom. The number of methoxy groups -OCH3 is 1. The fourth-order valence-corrected chi connectivity index (χ4v) is 6.59. The fourth-order valence-electron chi connectivity index (χ4n) is 5.12. The average Bonchev–Trinajstić information content (AvgIpc) is 3.10. The van der Waals surface area contributed by atoms with E-state index in [9.17, 15) is 13.5 Å². The molecule has 1 aromatic heterocycles. The van der Waals surface area contributed by atoms with Crippen LogP contribution in [0, 0.1) is 0 Å². The third kappa shape index (κ3) is 7.63. The van der Waals surface area contributed by atoms with Crippen molar-refractivity contribution in [2.75, 3.05) is 67.2 Å². The minimum absolute atomic E-state index is 0.0460. The van der Waals surface area contributed by atoms with E-state index >= 15 is 0 Å². The predicted octanol–water partition coefficient (Wildman–Crippen LogP) is 5.36. The Labute approximate surface area is 271 Å². The van der Waals surface area contributed by atoms with Crippen LogP contribution in [0.3, 0.4) is 0 Å². The molecule has 0 atom stereocenters. The molecule has 1 aliphatic heterocycles. The molecule has 0 amide bonds. The summed E-state index contributed by atoms with van der Waals surface area (Å²) in [6.07, 6.45) is 1.68. The highest BCUT2D eigenvalue weighted by atomic mass is 32.2. The molecular weight excluding hydrogens is 606 g/mol. The second-order valence-corrected chi connectivity index (χ2v) is 12.6. The molecule has 1 fully saturated rings. The number of aromatic nitrogens is 2. The Morgan fingerprint density at radius 1 is 0.826 bits per heavy atom. The number of benzene rings is 3. The van der Waals surface area contributed by atoms with E-state index in [2.05, 4.69) is 17.0 Å². The zero-order valence-electron chi connectivity index (χ0n) is 26.3. The average molecular weight is 648 g/mol. The van der Waals surface area contributed by atoms with Crippen molar-refractivity contribution >= 4 is 27.5 Å². The van der Waals surface area contributed by atoms with Crippen molar-refractivity contribution in [3.05, 3.63) is 84.9 Å². The fraction of sp³-hybridized carbons (Fsp3) is 0.353. The Balaban J connectivity index is 1.64. The summed E-state index contributed by atoms with van der Waals surface area (Å²) in [6, 6.07) is 25.6. The van der Waals surface area contributed by atoms with Crippen molar-refractivity contribution in [3.63, 3.8) is 0 Å². The zero-order valence-corrected chi connectivity index (χ0v) is 27.1. The van der Waals surface area contributed by atoms with Gasteiger partial charge >= 0.3 is 0 Å². The number of hydrogen-bond donors (Lipinski definition) is 1. The Hall–Kier alpha value is -4.55. The molecule has 1 aliphatic rings. The molecule has 4 aromatic rings. The minimum Gasteiger partial charge on any atom is -0.493 e. The number of sulfonamides is 1. The topological polar surface area (TPSA) is 118 Å². The normalized spacial score (nSPS) is 13.4. The van der Waals surface area contributed by atoms with Gasteiger partial charge in [-0.15, -0.1) is 0 Å². The number of hydrogen-bond acceptors (Lipinski definition) is 10. The zero-order chi connectivity index (χ0) is 32.4. The summed E-state index contributed by atoms with van der Waals surface area (Å²) in [4.78, 5) is 14.2. The summed E-state index contributed by atoms with van der Waals surface area (Å²) in [6.45, 7) is 4.88. The maximum atomic E-state index is 14.3. The number of ether oxygens (including phenoxy) is 3. The Morgan fingerprint density at radius 2 is 1.46 bits per heavy atom. The number of rotatable bonds is 15. The van der Waals surface area contributed by atoms with Crippen LogP contribution in [-0.4, -0.2) is 76.5 Å². The van der Waals surface area contributed by atoms with E-state index in [1.165, 1.54) is 11.4 Å². The van der Waals surface area contributed by atoms with Crippen LogP contribution >= 0.6 is 0 Å². The van der Waals surface area contributed by atoms with Gasteiger partial charge in [0.05, 0.1) is 18.6 Å².